The molecule has 6 heteroatoms. The zero-order valence-electron chi connectivity index (χ0n) is 15.2. The van der Waals surface area contributed by atoms with Gasteiger partial charge in [-0.15, -0.1) is 0 Å². The lowest BCUT2D eigenvalue weighted by Crippen LogP contribution is -2.53. The number of allylic oxidation sites excluding steroid dienone is 1. The molecule has 2 amide bonds. The minimum Gasteiger partial charge on any atom is -0.480 e. The molecule has 0 fully saturated rings. The molecule has 0 heterocycles. The van der Waals surface area contributed by atoms with Crippen LogP contribution in [-0.4, -0.2) is 34.6 Å². The van der Waals surface area contributed by atoms with Crippen molar-refractivity contribution in [3.8, 4) is 6.07 Å². The molecule has 6 nitrogen and oxygen atoms in total. The lowest BCUT2D eigenvalue weighted by Gasteiger charge is -2.33. The third kappa shape index (κ3) is 5.35. The SMILES string of the molecule is C=C(C)c1cccc(C(C)(C)NC(=O)N(CCC#N)C(C)C(=O)O)c1. The predicted molar refractivity (Wildman–Crippen MR) is 96.7 cm³/mol. The first-order valence-electron chi connectivity index (χ1n) is 8.05. The van der Waals surface area contributed by atoms with E-state index in [1.807, 2.05) is 51.1 Å². The molecular formula is C19H25N3O3. The Morgan fingerprint density at radius 2 is 2.08 bits per heavy atom. The molecule has 0 aromatic heterocycles. The Hall–Kier alpha value is -2.81. The van der Waals surface area contributed by atoms with E-state index in [9.17, 15) is 14.7 Å². The van der Waals surface area contributed by atoms with Crippen molar-refractivity contribution in [1.82, 2.24) is 10.2 Å². The van der Waals surface area contributed by atoms with Gasteiger partial charge in [-0.1, -0.05) is 30.4 Å². The smallest absolute Gasteiger partial charge is 0.326 e. The first kappa shape index (κ1) is 20.2. The number of rotatable bonds is 7. The van der Waals surface area contributed by atoms with Crippen LogP contribution in [0.15, 0.2) is 30.8 Å². The van der Waals surface area contributed by atoms with E-state index in [2.05, 4.69) is 11.9 Å². The van der Waals surface area contributed by atoms with Crippen molar-refractivity contribution in [2.45, 2.75) is 45.7 Å². The first-order chi connectivity index (χ1) is 11.6. The van der Waals surface area contributed by atoms with E-state index in [1.165, 1.54) is 6.92 Å². The van der Waals surface area contributed by atoms with Crippen LogP contribution < -0.4 is 5.32 Å². The topological polar surface area (TPSA) is 93.4 Å². The van der Waals surface area contributed by atoms with Crippen LogP contribution in [0.2, 0.25) is 0 Å². The molecule has 0 aliphatic heterocycles. The number of nitrogens with one attached hydrogen (secondary N) is 1. The molecule has 2 N–H and O–H groups in total. The Labute approximate surface area is 148 Å². The maximum absolute atomic E-state index is 12.6. The highest BCUT2D eigenvalue weighted by Crippen LogP contribution is 2.24. The number of aliphatic carboxylic acids is 1. The van der Waals surface area contributed by atoms with Gasteiger partial charge >= 0.3 is 12.0 Å². The summed E-state index contributed by atoms with van der Waals surface area (Å²) >= 11 is 0. The van der Waals surface area contributed by atoms with Gasteiger partial charge in [-0.2, -0.15) is 5.26 Å². The van der Waals surface area contributed by atoms with Gasteiger partial charge in [0.15, 0.2) is 0 Å². The number of hydrogen-bond donors (Lipinski definition) is 2. The van der Waals surface area contributed by atoms with Crippen molar-refractivity contribution < 1.29 is 14.7 Å². The molecule has 1 aromatic rings. The molecule has 1 aromatic carbocycles. The van der Waals surface area contributed by atoms with Crippen molar-refractivity contribution in [2.24, 2.45) is 0 Å². The van der Waals surface area contributed by atoms with E-state index in [-0.39, 0.29) is 13.0 Å². The second-order valence-corrected chi connectivity index (χ2v) is 6.53. The highest BCUT2D eigenvalue weighted by molar-refractivity contribution is 5.83. The Balaban J connectivity index is 3.04. The number of carbonyl (C=O) groups excluding carboxylic acids is 1. The highest BCUT2D eigenvalue weighted by atomic mass is 16.4. The molecule has 0 spiro atoms. The number of amides is 2. The fourth-order valence-corrected chi connectivity index (χ4v) is 2.36. The minimum absolute atomic E-state index is 0.0533. The number of nitriles is 1. The molecule has 25 heavy (non-hydrogen) atoms. The summed E-state index contributed by atoms with van der Waals surface area (Å²) in [5.41, 5.74) is 2.05. The largest absolute Gasteiger partial charge is 0.480 e. The van der Waals surface area contributed by atoms with E-state index in [0.717, 1.165) is 21.6 Å². The van der Waals surface area contributed by atoms with E-state index in [0.29, 0.717) is 0 Å². The molecule has 0 radical (unpaired) electrons. The van der Waals surface area contributed by atoms with Gasteiger partial charge in [0.1, 0.15) is 6.04 Å². The first-order valence-corrected chi connectivity index (χ1v) is 8.05. The van der Waals surface area contributed by atoms with Crippen molar-refractivity contribution in [3.05, 3.63) is 42.0 Å². The van der Waals surface area contributed by atoms with Crippen molar-refractivity contribution in [1.29, 1.82) is 5.26 Å². The summed E-state index contributed by atoms with van der Waals surface area (Å²) in [5, 5.41) is 20.8. The molecule has 0 bridgehead atoms. The normalized spacial score (nSPS) is 12.0. The van der Waals surface area contributed by atoms with Gasteiger partial charge in [0, 0.05) is 6.54 Å². The quantitative estimate of drug-likeness (QED) is 0.794. The Kier molecular flexibility index (Phi) is 6.75. The average molecular weight is 343 g/mol. The van der Waals surface area contributed by atoms with Crippen LogP contribution in [0.3, 0.4) is 0 Å². The Morgan fingerprint density at radius 3 is 2.60 bits per heavy atom. The number of carboxylic acid groups (broad SMARTS) is 1. The average Bonchev–Trinajstić information content (AvgIpc) is 2.54. The monoisotopic (exact) mass is 343 g/mol. The maximum Gasteiger partial charge on any atom is 0.326 e. The van der Waals surface area contributed by atoms with Gasteiger partial charge in [0.05, 0.1) is 18.0 Å². The molecule has 1 atom stereocenters. The predicted octanol–water partition coefficient (Wildman–Crippen LogP) is 3.35. The molecule has 0 aliphatic rings. The summed E-state index contributed by atoms with van der Waals surface area (Å²) in [6.07, 6.45) is 0.0661. The van der Waals surface area contributed by atoms with Crippen molar-refractivity contribution in [3.63, 3.8) is 0 Å². The van der Waals surface area contributed by atoms with E-state index >= 15 is 0 Å². The van der Waals surface area contributed by atoms with Crippen molar-refractivity contribution in [2.75, 3.05) is 6.54 Å². The molecule has 1 rings (SSSR count). The summed E-state index contributed by atoms with van der Waals surface area (Å²) < 4.78 is 0. The van der Waals surface area contributed by atoms with Gasteiger partial charge in [0.25, 0.3) is 0 Å². The lowest BCUT2D eigenvalue weighted by molar-refractivity contribution is -0.141. The molecule has 1 unspecified atom stereocenters. The molecular weight excluding hydrogens is 318 g/mol. The Morgan fingerprint density at radius 1 is 1.44 bits per heavy atom. The van der Waals surface area contributed by atoms with Crippen LogP contribution in [-0.2, 0) is 10.3 Å². The van der Waals surface area contributed by atoms with Crippen LogP contribution in [0.25, 0.3) is 5.57 Å². The Bertz CT molecular complexity index is 704. The van der Waals surface area contributed by atoms with Gasteiger partial charge in [-0.25, -0.2) is 9.59 Å². The van der Waals surface area contributed by atoms with Gasteiger partial charge < -0.3 is 15.3 Å². The summed E-state index contributed by atoms with van der Waals surface area (Å²) in [5.74, 6) is -1.12. The number of nitrogens with zero attached hydrogens (tertiary/aromatic N) is 2. The summed E-state index contributed by atoms with van der Waals surface area (Å²) in [7, 11) is 0. The van der Waals surface area contributed by atoms with Gasteiger partial charge in [0.2, 0.25) is 0 Å². The zero-order chi connectivity index (χ0) is 19.2. The van der Waals surface area contributed by atoms with Crippen LogP contribution in [0.5, 0.6) is 0 Å². The third-order valence-electron chi connectivity index (χ3n) is 4.05. The van der Waals surface area contributed by atoms with E-state index in [1.54, 1.807) is 0 Å². The van der Waals surface area contributed by atoms with Crippen LogP contribution in [0.4, 0.5) is 4.79 Å². The highest BCUT2D eigenvalue weighted by Gasteiger charge is 2.30. The van der Waals surface area contributed by atoms with Gasteiger partial charge in [-0.3, -0.25) is 0 Å². The van der Waals surface area contributed by atoms with Crippen LogP contribution in [0.1, 0.15) is 45.2 Å². The number of benzene rings is 1. The summed E-state index contributed by atoms with van der Waals surface area (Å²) in [4.78, 5) is 25.0. The number of hydrogen-bond acceptors (Lipinski definition) is 3. The maximum atomic E-state index is 12.6. The zero-order valence-corrected chi connectivity index (χ0v) is 15.2. The van der Waals surface area contributed by atoms with Gasteiger partial charge in [-0.05, 0) is 44.9 Å². The second kappa shape index (κ2) is 8.34. The molecule has 0 aliphatic carbocycles. The van der Waals surface area contributed by atoms with E-state index in [4.69, 9.17) is 5.26 Å². The molecule has 0 saturated heterocycles. The van der Waals surface area contributed by atoms with Crippen LogP contribution in [0, 0.1) is 11.3 Å². The van der Waals surface area contributed by atoms with Crippen molar-refractivity contribution >= 4 is 17.6 Å². The minimum atomic E-state index is -1.12. The number of carbonyl (C=O) groups is 2. The van der Waals surface area contributed by atoms with Crippen LogP contribution >= 0.6 is 0 Å². The molecule has 134 valence electrons. The standard InChI is InChI=1S/C19H25N3O3/c1-13(2)15-8-6-9-16(12-15)19(4,5)21-18(25)22(11-7-10-20)14(3)17(23)24/h6,8-9,12,14H,1,7,11H2,2-5H3,(H,21,25)(H,23,24). The fourth-order valence-electron chi connectivity index (χ4n) is 2.36. The van der Waals surface area contributed by atoms with E-state index < -0.39 is 23.6 Å². The summed E-state index contributed by atoms with van der Waals surface area (Å²) in [6.45, 7) is 11.0. The summed E-state index contributed by atoms with van der Waals surface area (Å²) in [6, 6.07) is 8.07. The third-order valence-corrected chi connectivity index (χ3v) is 4.05. The fraction of sp³-hybridized carbons (Fsp3) is 0.421. The number of carboxylic acids is 1. The number of urea groups is 1. The second-order valence-electron chi connectivity index (χ2n) is 6.53. The lowest BCUT2D eigenvalue weighted by atomic mass is 9.92. The molecule has 0 saturated carbocycles.